The first-order chi connectivity index (χ1) is 7.52. The van der Waals surface area contributed by atoms with Crippen molar-refractivity contribution in [3.63, 3.8) is 0 Å². The molecule has 4 nitrogen and oxygen atoms in total. The highest BCUT2D eigenvalue weighted by Gasteiger charge is 2.43. The van der Waals surface area contributed by atoms with Crippen molar-refractivity contribution in [1.29, 1.82) is 0 Å². The zero-order valence-electron chi connectivity index (χ0n) is 10.4. The summed E-state index contributed by atoms with van der Waals surface area (Å²) < 4.78 is 0. The lowest BCUT2D eigenvalue weighted by atomic mass is 9.92. The number of hydrogen-bond acceptors (Lipinski definition) is 3. The number of aliphatic hydroxyl groups is 1. The highest BCUT2D eigenvalue weighted by Crippen LogP contribution is 2.47. The maximum absolute atomic E-state index is 11.9. The van der Waals surface area contributed by atoms with Crippen LogP contribution in [-0.2, 0) is 4.79 Å². The standard InChI is InChI=1S/C12H24N2O2/c1-3-12(13,4-2)10(16)14-9-11(5-6-11)7-8-15/h15H,3-9,13H2,1-2H3,(H,14,16). The van der Waals surface area contributed by atoms with Gasteiger partial charge in [-0.1, -0.05) is 13.8 Å². The number of hydrogen-bond donors (Lipinski definition) is 3. The van der Waals surface area contributed by atoms with Gasteiger partial charge in [0.1, 0.15) is 0 Å². The van der Waals surface area contributed by atoms with Gasteiger partial charge in [-0.15, -0.1) is 0 Å². The Labute approximate surface area is 97.6 Å². The fraction of sp³-hybridized carbons (Fsp3) is 0.917. The van der Waals surface area contributed by atoms with Crippen LogP contribution in [0.25, 0.3) is 0 Å². The van der Waals surface area contributed by atoms with Gasteiger partial charge in [0.05, 0.1) is 5.54 Å². The van der Waals surface area contributed by atoms with Crippen LogP contribution in [0.4, 0.5) is 0 Å². The third-order valence-electron chi connectivity index (χ3n) is 3.94. The van der Waals surface area contributed by atoms with Gasteiger partial charge >= 0.3 is 0 Å². The topological polar surface area (TPSA) is 75.4 Å². The Morgan fingerprint density at radius 1 is 1.44 bits per heavy atom. The fourth-order valence-corrected chi connectivity index (χ4v) is 1.94. The van der Waals surface area contributed by atoms with Crippen LogP contribution in [0.2, 0.25) is 0 Å². The molecule has 0 atom stereocenters. The van der Waals surface area contributed by atoms with E-state index in [0.29, 0.717) is 19.4 Å². The summed E-state index contributed by atoms with van der Waals surface area (Å²) in [6, 6.07) is 0. The maximum atomic E-state index is 11.9. The minimum Gasteiger partial charge on any atom is -0.396 e. The summed E-state index contributed by atoms with van der Waals surface area (Å²) in [5, 5.41) is 11.9. The van der Waals surface area contributed by atoms with Crippen LogP contribution in [0.1, 0.15) is 46.0 Å². The van der Waals surface area contributed by atoms with Crippen LogP contribution in [0.15, 0.2) is 0 Å². The van der Waals surface area contributed by atoms with Crippen molar-refractivity contribution < 1.29 is 9.90 Å². The summed E-state index contributed by atoms with van der Waals surface area (Å²) in [6.07, 6.45) is 4.29. The first-order valence-electron chi connectivity index (χ1n) is 6.20. The molecule has 0 aromatic heterocycles. The van der Waals surface area contributed by atoms with Crippen molar-refractivity contribution in [2.75, 3.05) is 13.2 Å². The van der Waals surface area contributed by atoms with Gasteiger partial charge in [0.15, 0.2) is 0 Å². The van der Waals surface area contributed by atoms with Crippen molar-refractivity contribution in [2.45, 2.75) is 51.5 Å². The van der Waals surface area contributed by atoms with Gasteiger partial charge in [-0.25, -0.2) is 0 Å². The molecule has 16 heavy (non-hydrogen) atoms. The molecule has 0 saturated heterocycles. The molecule has 1 amide bonds. The molecule has 4 N–H and O–H groups in total. The van der Waals surface area contributed by atoms with Crippen molar-refractivity contribution in [1.82, 2.24) is 5.32 Å². The molecule has 0 aromatic rings. The second-order valence-corrected chi connectivity index (χ2v) is 5.02. The average Bonchev–Trinajstić information content (AvgIpc) is 3.06. The number of amides is 1. The van der Waals surface area contributed by atoms with Gasteiger partial charge in [-0.3, -0.25) is 4.79 Å². The van der Waals surface area contributed by atoms with Crippen molar-refractivity contribution >= 4 is 5.91 Å². The van der Waals surface area contributed by atoms with E-state index in [2.05, 4.69) is 5.32 Å². The molecule has 0 heterocycles. The summed E-state index contributed by atoms with van der Waals surface area (Å²) in [5.74, 6) is -0.0540. The van der Waals surface area contributed by atoms with E-state index in [-0.39, 0.29) is 17.9 Å². The summed E-state index contributed by atoms with van der Waals surface area (Å²) in [7, 11) is 0. The molecule has 1 aliphatic carbocycles. The molecule has 0 bridgehead atoms. The monoisotopic (exact) mass is 228 g/mol. The minimum atomic E-state index is -0.727. The van der Waals surface area contributed by atoms with E-state index in [1.807, 2.05) is 13.8 Å². The lowest BCUT2D eigenvalue weighted by Crippen LogP contribution is -2.54. The summed E-state index contributed by atoms with van der Waals surface area (Å²) in [4.78, 5) is 11.9. The molecule has 1 rings (SSSR count). The van der Waals surface area contributed by atoms with Crippen LogP contribution in [-0.4, -0.2) is 29.7 Å². The fourth-order valence-electron chi connectivity index (χ4n) is 1.94. The van der Waals surface area contributed by atoms with E-state index in [9.17, 15) is 4.79 Å². The van der Waals surface area contributed by atoms with Gasteiger partial charge < -0.3 is 16.2 Å². The smallest absolute Gasteiger partial charge is 0.240 e. The van der Waals surface area contributed by atoms with Crippen molar-refractivity contribution in [3.05, 3.63) is 0 Å². The number of carbonyl (C=O) groups excluding carboxylic acids is 1. The van der Waals surface area contributed by atoms with Crippen molar-refractivity contribution in [2.24, 2.45) is 11.1 Å². The average molecular weight is 228 g/mol. The zero-order chi connectivity index (χ0) is 12.2. The Hall–Kier alpha value is -0.610. The Morgan fingerprint density at radius 2 is 2.00 bits per heavy atom. The molecule has 1 aliphatic rings. The quantitative estimate of drug-likeness (QED) is 0.603. The van der Waals surface area contributed by atoms with E-state index >= 15 is 0 Å². The van der Waals surface area contributed by atoms with Crippen LogP contribution < -0.4 is 11.1 Å². The van der Waals surface area contributed by atoms with Gasteiger partial charge in [-0.2, -0.15) is 0 Å². The Kier molecular flexibility index (Phi) is 4.33. The lowest BCUT2D eigenvalue weighted by molar-refractivity contribution is -0.126. The van der Waals surface area contributed by atoms with E-state index < -0.39 is 5.54 Å². The highest BCUT2D eigenvalue weighted by atomic mass is 16.3. The largest absolute Gasteiger partial charge is 0.396 e. The summed E-state index contributed by atoms with van der Waals surface area (Å²) in [6.45, 7) is 4.73. The number of carbonyl (C=O) groups is 1. The Morgan fingerprint density at radius 3 is 2.38 bits per heavy atom. The second-order valence-electron chi connectivity index (χ2n) is 5.02. The second kappa shape index (κ2) is 5.15. The zero-order valence-corrected chi connectivity index (χ0v) is 10.4. The number of rotatable bonds is 7. The molecular formula is C12H24N2O2. The maximum Gasteiger partial charge on any atom is 0.240 e. The summed E-state index contributed by atoms with van der Waals surface area (Å²) in [5.41, 5.74) is 5.44. The molecule has 0 unspecified atom stereocenters. The Bertz CT molecular complexity index is 245. The molecule has 0 spiro atoms. The SMILES string of the molecule is CCC(N)(CC)C(=O)NCC1(CCO)CC1. The predicted octanol–water partition coefficient (Wildman–Crippen LogP) is 0.783. The third kappa shape index (κ3) is 2.95. The minimum absolute atomic E-state index is 0.0540. The summed E-state index contributed by atoms with van der Waals surface area (Å²) >= 11 is 0. The van der Waals surface area contributed by atoms with Crippen LogP contribution in [0, 0.1) is 5.41 Å². The predicted molar refractivity (Wildman–Crippen MR) is 63.9 cm³/mol. The number of nitrogens with two attached hydrogens (primary N) is 1. The normalized spacial score (nSPS) is 18.2. The molecule has 0 aromatic carbocycles. The molecule has 0 aliphatic heterocycles. The third-order valence-corrected chi connectivity index (χ3v) is 3.94. The van der Waals surface area contributed by atoms with E-state index in [0.717, 1.165) is 19.3 Å². The Balaban J connectivity index is 2.40. The van der Waals surface area contributed by atoms with E-state index in [1.165, 1.54) is 0 Å². The number of aliphatic hydroxyl groups excluding tert-OH is 1. The molecular weight excluding hydrogens is 204 g/mol. The molecule has 0 radical (unpaired) electrons. The molecule has 1 saturated carbocycles. The van der Waals surface area contributed by atoms with Gasteiger partial charge in [0, 0.05) is 13.2 Å². The van der Waals surface area contributed by atoms with E-state index in [1.54, 1.807) is 0 Å². The van der Waals surface area contributed by atoms with E-state index in [4.69, 9.17) is 10.8 Å². The van der Waals surface area contributed by atoms with Crippen LogP contribution in [0.5, 0.6) is 0 Å². The van der Waals surface area contributed by atoms with Crippen molar-refractivity contribution in [3.8, 4) is 0 Å². The highest BCUT2D eigenvalue weighted by molar-refractivity contribution is 5.85. The lowest BCUT2D eigenvalue weighted by Gasteiger charge is -2.26. The van der Waals surface area contributed by atoms with Gasteiger partial charge in [0.2, 0.25) is 5.91 Å². The molecule has 1 fully saturated rings. The molecule has 94 valence electrons. The van der Waals surface area contributed by atoms with Crippen LogP contribution in [0.3, 0.4) is 0 Å². The molecule has 4 heteroatoms. The van der Waals surface area contributed by atoms with Crippen LogP contribution >= 0.6 is 0 Å². The van der Waals surface area contributed by atoms with Gasteiger partial charge in [-0.05, 0) is 37.5 Å². The number of nitrogens with one attached hydrogen (secondary N) is 1. The van der Waals surface area contributed by atoms with Gasteiger partial charge in [0.25, 0.3) is 0 Å². The first-order valence-corrected chi connectivity index (χ1v) is 6.20. The first kappa shape index (κ1) is 13.5.